The summed E-state index contributed by atoms with van der Waals surface area (Å²) in [7, 11) is 0. The van der Waals surface area contributed by atoms with E-state index < -0.39 is 0 Å². The lowest BCUT2D eigenvalue weighted by Gasteiger charge is -2.16. The lowest BCUT2D eigenvalue weighted by atomic mass is 10.1. The highest BCUT2D eigenvalue weighted by Crippen LogP contribution is 2.39. The van der Waals surface area contributed by atoms with Gasteiger partial charge in [-0.25, -0.2) is 0 Å². The predicted octanol–water partition coefficient (Wildman–Crippen LogP) is 8.15. The van der Waals surface area contributed by atoms with E-state index in [4.69, 9.17) is 16.3 Å². The second-order valence-corrected chi connectivity index (χ2v) is 8.16. The van der Waals surface area contributed by atoms with Crippen molar-refractivity contribution in [3.05, 3.63) is 105 Å². The summed E-state index contributed by atoms with van der Waals surface area (Å²) < 4.78 is 6.20. The highest BCUT2D eigenvalue weighted by Gasteiger charge is 2.22. The Morgan fingerprint density at radius 1 is 1.33 bits per heavy atom. The van der Waals surface area contributed by atoms with Crippen molar-refractivity contribution in [2.75, 3.05) is 0 Å². The van der Waals surface area contributed by atoms with Crippen LogP contribution in [0.15, 0.2) is 84.8 Å². The zero-order valence-corrected chi connectivity index (χ0v) is 19.1. The largest absolute Gasteiger partial charge is 0.484 e. The molecule has 0 bridgehead atoms. The van der Waals surface area contributed by atoms with E-state index >= 15 is 0 Å². The summed E-state index contributed by atoms with van der Waals surface area (Å²) in [5.74, 6) is 0.351. The predicted molar refractivity (Wildman–Crippen MR) is 129 cm³/mol. The fourth-order valence-corrected chi connectivity index (χ4v) is 4.16. The molecule has 2 aromatic rings. The SMILES string of the molecule is C=C=C/C(=C\C(=C=C)CC)c1cc(OC(C)c2ccccc2Cl)c(C(=O)C(=C)C)s1. The van der Waals surface area contributed by atoms with E-state index in [0.717, 1.165) is 28.0 Å². The third-order valence-corrected chi connectivity index (χ3v) is 5.93. The van der Waals surface area contributed by atoms with Gasteiger partial charge in [0.15, 0.2) is 0 Å². The number of ketones is 1. The highest BCUT2D eigenvalue weighted by atomic mass is 35.5. The van der Waals surface area contributed by atoms with Crippen LogP contribution >= 0.6 is 22.9 Å². The number of allylic oxidation sites excluding steroid dienone is 5. The van der Waals surface area contributed by atoms with Gasteiger partial charge in [-0.1, -0.05) is 56.5 Å². The van der Waals surface area contributed by atoms with Crippen LogP contribution in [0.1, 0.15) is 53.4 Å². The second kappa shape index (κ2) is 10.8. The summed E-state index contributed by atoms with van der Waals surface area (Å²) in [6.45, 7) is 16.9. The number of Topliss-reactive ketones (excluding diaryl/α,β-unsaturated/α-hetero) is 1. The molecule has 0 aliphatic heterocycles. The molecule has 0 fully saturated rings. The minimum absolute atomic E-state index is 0.149. The Morgan fingerprint density at radius 2 is 2.03 bits per heavy atom. The second-order valence-electron chi connectivity index (χ2n) is 6.70. The molecule has 0 spiro atoms. The normalized spacial score (nSPS) is 11.8. The van der Waals surface area contributed by atoms with Crippen molar-refractivity contribution in [1.82, 2.24) is 0 Å². The monoisotopic (exact) mass is 436 g/mol. The molecule has 1 unspecified atom stereocenters. The van der Waals surface area contributed by atoms with Crippen LogP contribution in [0.5, 0.6) is 5.75 Å². The third kappa shape index (κ3) is 5.63. The number of benzene rings is 1. The van der Waals surface area contributed by atoms with Crippen molar-refractivity contribution in [3.63, 3.8) is 0 Å². The van der Waals surface area contributed by atoms with Crippen molar-refractivity contribution in [1.29, 1.82) is 0 Å². The Labute approximate surface area is 187 Å². The van der Waals surface area contributed by atoms with Crippen molar-refractivity contribution >= 4 is 34.3 Å². The highest BCUT2D eigenvalue weighted by molar-refractivity contribution is 7.15. The van der Waals surface area contributed by atoms with Gasteiger partial charge in [-0.3, -0.25) is 4.79 Å². The summed E-state index contributed by atoms with van der Waals surface area (Å²) in [5.41, 5.74) is 8.86. The molecule has 0 aliphatic rings. The number of rotatable bonds is 9. The first-order valence-electron chi connectivity index (χ1n) is 9.54. The smallest absolute Gasteiger partial charge is 0.201 e. The van der Waals surface area contributed by atoms with E-state index in [1.54, 1.807) is 13.0 Å². The van der Waals surface area contributed by atoms with Gasteiger partial charge in [-0.15, -0.1) is 22.8 Å². The van der Waals surface area contributed by atoms with Crippen molar-refractivity contribution < 1.29 is 9.53 Å². The van der Waals surface area contributed by atoms with Crippen molar-refractivity contribution in [3.8, 4) is 5.75 Å². The molecular formula is C26H25ClO2S. The Bertz CT molecular complexity index is 1090. The molecule has 1 aromatic carbocycles. The average Bonchev–Trinajstić information content (AvgIpc) is 3.14. The van der Waals surface area contributed by atoms with Crippen molar-refractivity contribution in [2.24, 2.45) is 0 Å². The van der Waals surface area contributed by atoms with Crippen LogP contribution in [0.2, 0.25) is 5.02 Å². The van der Waals surface area contributed by atoms with Gasteiger partial charge in [-0.05, 0) is 55.7 Å². The molecule has 0 N–H and O–H groups in total. The van der Waals surface area contributed by atoms with E-state index in [1.165, 1.54) is 11.3 Å². The fraction of sp³-hybridized carbons (Fsp3) is 0.192. The van der Waals surface area contributed by atoms with Gasteiger partial charge in [0.1, 0.15) is 16.7 Å². The summed E-state index contributed by atoms with van der Waals surface area (Å²) in [6.07, 6.45) is 4.19. The first kappa shape index (κ1) is 23.5. The maximum absolute atomic E-state index is 12.8. The molecule has 30 heavy (non-hydrogen) atoms. The first-order valence-corrected chi connectivity index (χ1v) is 10.7. The number of ether oxygens (including phenoxy) is 1. The molecule has 154 valence electrons. The van der Waals surface area contributed by atoms with E-state index in [-0.39, 0.29) is 11.9 Å². The Hall–Kier alpha value is -2.80. The number of hydrogen-bond donors (Lipinski definition) is 0. The molecule has 0 saturated heterocycles. The van der Waals surface area contributed by atoms with Gasteiger partial charge < -0.3 is 4.74 Å². The van der Waals surface area contributed by atoms with Crippen LogP contribution in [0.25, 0.3) is 5.57 Å². The molecular weight excluding hydrogens is 412 g/mol. The topological polar surface area (TPSA) is 26.3 Å². The first-order chi connectivity index (χ1) is 14.3. The standard InChI is InChI=1S/C26H25ClO2S/c1-7-12-20(15-19(8-2)9-3)24-16-23(26(30-24)25(28)17(4)5)29-18(6)21-13-10-11-14-22(21)27/h10-16,18H,1-2,4,9H2,3,5-6H3/b20-15+. The molecule has 4 heteroatoms. The minimum atomic E-state index is -0.334. The lowest BCUT2D eigenvalue weighted by molar-refractivity contribution is 0.103. The quantitative estimate of drug-likeness (QED) is 0.171. The number of thiophene rings is 1. The Morgan fingerprint density at radius 3 is 2.60 bits per heavy atom. The van der Waals surface area contributed by atoms with Gasteiger partial charge >= 0.3 is 0 Å². The molecule has 1 heterocycles. The third-order valence-electron chi connectivity index (χ3n) is 4.42. The van der Waals surface area contributed by atoms with Gasteiger partial charge in [0.2, 0.25) is 5.78 Å². The summed E-state index contributed by atoms with van der Waals surface area (Å²) >= 11 is 7.67. The number of halogens is 1. The zero-order chi connectivity index (χ0) is 22.3. The number of hydrogen-bond acceptors (Lipinski definition) is 3. The van der Waals surface area contributed by atoms with E-state index in [0.29, 0.717) is 21.2 Å². The molecule has 2 rings (SSSR count). The minimum Gasteiger partial charge on any atom is -0.484 e. The van der Waals surface area contributed by atoms with E-state index in [9.17, 15) is 4.79 Å². The summed E-state index contributed by atoms with van der Waals surface area (Å²) in [5, 5.41) is 0.618. The zero-order valence-electron chi connectivity index (χ0n) is 17.5. The average molecular weight is 437 g/mol. The van der Waals surface area contributed by atoms with Gasteiger partial charge in [-0.2, -0.15) is 0 Å². The van der Waals surface area contributed by atoms with Gasteiger partial charge in [0.25, 0.3) is 0 Å². The van der Waals surface area contributed by atoms with E-state index in [2.05, 4.69) is 31.2 Å². The van der Waals surface area contributed by atoms with Crippen LogP contribution in [0.4, 0.5) is 0 Å². The number of carbonyl (C=O) groups is 1. The van der Waals surface area contributed by atoms with Crippen LogP contribution in [-0.2, 0) is 0 Å². The maximum Gasteiger partial charge on any atom is 0.201 e. The maximum atomic E-state index is 12.8. The van der Waals surface area contributed by atoms with Crippen LogP contribution in [0, 0.1) is 0 Å². The Balaban J connectivity index is 2.56. The summed E-state index contributed by atoms with van der Waals surface area (Å²) in [4.78, 5) is 14.2. The molecule has 1 aromatic heterocycles. The lowest BCUT2D eigenvalue weighted by Crippen LogP contribution is -2.06. The van der Waals surface area contributed by atoms with E-state index in [1.807, 2.05) is 50.3 Å². The Kier molecular flexibility index (Phi) is 8.47. The molecule has 0 aliphatic carbocycles. The van der Waals surface area contributed by atoms with Crippen LogP contribution in [-0.4, -0.2) is 5.78 Å². The molecule has 0 saturated carbocycles. The van der Waals surface area contributed by atoms with Crippen molar-refractivity contribution in [2.45, 2.75) is 33.3 Å². The molecule has 2 nitrogen and oxygen atoms in total. The van der Waals surface area contributed by atoms with Gasteiger partial charge in [0.05, 0.1) is 0 Å². The number of carbonyl (C=O) groups excluding carboxylic acids is 1. The fourth-order valence-electron chi connectivity index (χ4n) is 2.77. The summed E-state index contributed by atoms with van der Waals surface area (Å²) in [6, 6.07) is 9.37. The molecule has 1 atom stereocenters. The van der Waals surface area contributed by atoms with Gasteiger partial charge in [0, 0.05) is 21.0 Å². The van der Waals surface area contributed by atoms with Crippen LogP contribution < -0.4 is 4.74 Å². The molecule has 0 radical (unpaired) electrons. The molecule has 0 amide bonds. The van der Waals surface area contributed by atoms with Crippen LogP contribution in [0.3, 0.4) is 0 Å².